The van der Waals surface area contributed by atoms with Crippen LogP contribution in [0.25, 0.3) is 0 Å². The van der Waals surface area contributed by atoms with E-state index in [9.17, 15) is 29.1 Å². The first-order valence-corrected chi connectivity index (χ1v) is 11.7. The van der Waals surface area contributed by atoms with Crippen molar-refractivity contribution >= 4 is 51.9 Å². The summed E-state index contributed by atoms with van der Waals surface area (Å²) in [6.45, 7) is 8.06. The molecule has 0 spiro atoms. The Balaban J connectivity index is 2.03. The highest BCUT2D eigenvalue weighted by atomic mass is 32.1. The number of nitrogens with one attached hydrogen (secondary N) is 2. The van der Waals surface area contributed by atoms with Crippen LogP contribution in [0.15, 0.2) is 10.5 Å². The van der Waals surface area contributed by atoms with Crippen molar-refractivity contribution in [3.8, 4) is 0 Å². The summed E-state index contributed by atoms with van der Waals surface area (Å²) in [4.78, 5) is 69.1. The van der Waals surface area contributed by atoms with Gasteiger partial charge in [-0.1, -0.05) is 5.16 Å². The van der Waals surface area contributed by atoms with E-state index in [-0.39, 0.29) is 10.8 Å². The van der Waals surface area contributed by atoms with E-state index >= 15 is 0 Å². The molecule has 2 heterocycles. The molecular formula is C21H29N5O10S. The standard InChI is InChI=1S/C21H29N5O10S/c1-9(16(29)33-8-34-18(32)20(2,3)4)35-15-12(14(28)25-15)24-13(27)11(10-7-37-19(22)23-10)26-36-21(5,6)17(30)31/h7,9,12,15H,8H2,1-6H3,(H2,22,23)(H,24,27)(H,25,28)(H,30,31)/t9?,12-,15+/m1/s1. The summed E-state index contributed by atoms with van der Waals surface area (Å²) in [6, 6.07) is -1.24. The van der Waals surface area contributed by atoms with Crippen LogP contribution in [-0.2, 0) is 43.0 Å². The first kappa shape index (κ1) is 29.4. The predicted octanol–water partition coefficient (Wildman–Crippen LogP) is -0.255. The largest absolute Gasteiger partial charge is 0.478 e. The van der Waals surface area contributed by atoms with E-state index in [0.717, 1.165) is 11.3 Å². The molecule has 0 saturated carbocycles. The first-order valence-electron chi connectivity index (χ1n) is 10.8. The van der Waals surface area contributed by atoms with Gasteiger partial charge < -0.3 is 40.5 Å². The van der Waals surface area contributed by atoms with Crippen molar-refractivity contribution in [3.05, 3.63) is 11.1 Å². The Morgan fingerprint density at radius 1 is 1.24 bits per heavy atom. The van der Waals surface area contributed by atoms with Gasteiger partial charge in [0.25, 0.3) is 5.91 Å². The lowest BCUT2D eigenvalue weighted by Gasteiger charge is -2.37. The molecule has 1 saturated heterocycles. The number of β-lactam (4-membered cyclic amide) rings is 1. The lowest BCUT2D eigenvalue weighted by atomic mass is 9.98. The van der Waals surface area contributed by atoms with Crippen LogP contribution in [0.2, 0.25) is 0 Å². The maximum absolute atomic E-state index is 12.9. The van der Waals surface area contributed by atoms with Gasteiger partial charge in [-0.05, 0) is 41.5 Å². The van der Waals surface area contributed by atoms with E-state index in [2.05, 4.69) is 20.8 Å². The fourth-order valence-corrected chi connectivity index (χ4v) is 2.92. The van der Waals surface area contributed by atoms with Crippen molar-refractivity contribution in [1.82, 2.24) is 15.6 Å². The van der Waals surface area contributed by atoms with Gasteiger partial charge in [0.1, 0.15) is 5.69 Å². The Kier molecular flexibility index (Phi) is 9.16. The van der Waals surface area contributed by atoms with Gasteiger partial charge in [-0.2, -0.15) is 0 Å². The van der Waals surface area contributed by atoms with Gasteiger partial charge in [0.05, 0.1) is 5.41 Å². The Morgan fingerprint density at radius 2 is 1.89 bits per heavy atom. The van der Waals surface area contributed by atoms with E-state index in [1.54, 1.807) is 20.8 Å². The van der Waals surface area contributed by atoms with Crippen LogP contribution >= 0.6 is 11.3 Å². The SMILES string of the molecule is CC(O[C@@H]1NC(=O)[C@H]1NC(=O)C(=NOC(C)(C)C(=O)O)c1csc(N)n1)C(=O)OCOC(=O)C(C)(C)C. The molecule has 1 aromatic rings. The van der Waals surface area contributed by atoms with Gasteiger partial charge in [-0.15, -0.1) is 11.3 Å². The van der Waals surface area contributed by atoms with Crippen LogP contribution in [0.1, 0.15) is 47.2 Å². The van der Waals surface area contributed by atoms with Gasteiger partial charge in [0, 0.05) is 5.38 Å². The summed E-state index contributed by atoms with van der Waals surface area (Å²) < 4.78 is 15.2. The van der Waals surface area contributed by atoms with Crippen molar-refractivity contribution in [2.75, 3.05) is 12.5 Å². The van der Waals surface area contributed by atoms with E-state index in [1.807, 2.05) is 0 Å². The molecular weight excluding hydrogens is 514 g/mol. The molecule has 0 bridgehead atoms. The highest BCUT2D eigenvalue weighted by Gasteiger charge is 2.44. The lowest BCUT2D eigenvalue weighted by Crippen LogP contribution is -2.71. The number of hydrogen-bond donors (Lipinski definition) is 4. The van der Waals surface area contributed by atoms with Crippen molar-refractivity contribution < 1.29 is 48.1 Å². The zero-order valence-electron chi connectivity index (χ0n) is 21.0. The summed E-state index contributed by atoms with van der Waals surface area (Å²) in [5, 5.41) is 19.1. The third-order valence-electron chi connectivity index (χ3n) is 4.70. The first-order chi connectivity index (χ1) is 17.0. The second-order valence-corrected chi connectivity index (χ2v) is 10.2. The molecule has 37 heavy (non-hydrogen) atoms. The fraction of sp³-hybridized carbons (Fsp3) is 0.571. The zero-order valence-corrected chi connectivity index (χ0v) is 21.8. The smallest absolute Gasteiger partial charge is 0.350 e. The second kappa shape index (κ2) is 11.5. The van der Waals surface area contributed by atoms with Crippen molar-refractivity contribution in [2.45, 2.75) is 65.5 Å². The van der Waals surface area contributed by atoms with Crippen molar-refractivity contribution in [2.24, 2.45) is 10.6 Å². The van der Waals surface area contributed by atoms with Crippen molar-refractivity contribution in [3.63, 3.8) is 0 Å². The van der Waals surface area contributed by atoms with E-state index < -0.39 is 71.6 Å². The second-order valence-electron chi connectivity index (χ2n) is 9.34. The number of thiazole rings is 1. The molecule has 2 amide bonds. The summed E-state index contributed by atoms with van der Waals surface area (Å²) in [5.74, 6) is -4.35. The molecule has 1 aromatic heterocycles. The molecule has 0 aromatic carbocycles. The quantitative estimate of drug-likeness (QED) is 0.0933. The minimum Gasteiger partial charge on any atom is -0.478 e. The fourth-order valence-electron chi connectivity index (χ4n) is 2.37. The van der Waals surface area contributed by atoms with Gasteiger partial charge in [-0.3, -0.25) is 14.4 Å². The normalized spacial score (nSPS) is 18.6. The summed E-state index contributed by atoms with van der Waals surface area (Å²) in [6.07, 6.45) is -2.32. The maximum atomic E-state index is 12.9. The van der Waals surface area contributed by atoms with Gasteiger partial charge >= 0.3 is 17.9 Å². The average molecular weight is 544 g/mol. The van der Waals surface area contributed by atoms with Crippen LogP contribution in [-0.4, -0.2) is 76.3 Å². The minimum absolute atomic E-state index is 0.0138. The summed E-state index contributed by atoms with van der Waals surface area (Å²) >= 11 is 0.998. The number of esters is 2. The number of rotatable bonds is 11. The Morgan fingerprint density at radius 3 is 2.41 bits per heavy atom. The van der Waals surface area contributed by atoms with Crippen molar-refractivity contribution in [1.29, 1.82) is 0 Å². The molecule has 3 atom stereocenters. The number of nitrogens with zero attached hydrogens (tertiary/aromatic N) is 2. The number of nitrogen functional groups attached to an aromatic ring is 1. The molecule has 1 aliphatic rings. The highest BCUT2D eigenvalue weighted by molar-refractivity contribution is 7.13. The lowest BCUT2D eigenvalue weighted by molar-refractivity contribution is -0.186. The number of carboxylic acid groups (broad SMARTS) is 1. The molecule has 1 unspecified atom stereocenters. The molecule has 5 N–H and O–H groups in total. The number of carboxylic acids is 1. The van der Waals surface area contributed by atoms with E-state index in [1.165, 1.54) is 26.2 Å². The number of carbonyl (C=O) groups excluding carboxylic acids is 4. The number of amides is 2. The van der Waals surface area contributed by atoms with Crippen LogP contribution in [0, 0.1) is 5.41 Å². The van der Waals surface area contributed by atoms with Gasteiger partial charge in [-0.25, -0.2) is 14.6 Å². The van der Waals surface area contributed by atoms with Crippen LogP contribution in [0.3, 0.4) is 0 Å². The van der Waals surface area contributed by atoms with E-state index in [0.29, 0.717) is 0 Å². The van der Waals surface area contributed by atoms with Crippen LogP contribution < -0.4 is 16.4 Å². The van der Waals surface area contributed by atoms with Crippen LogP contribution in [0.5, 0.6) is 0 Å². The highest BCUT2D eigenvalue weighted by Crippen LogP contribution is 2.18. The molecule has 0 aliphatic carbocycles. The number of nitrogens with two attached hydrogens (primary N) is 1. The number of oxime groups is 1. The molecule has 0 radical (unpaired) electrons. The van der Waals surface area contributed by atoms with Crippen LogP contribution in [0.4, 0.5) is 5.13 Å². The number of aliphatic carboxylic acids is 1. The number of ether oxygens (including phenoxy) is 3. The maximum Gasteiger partial charge on any atom is 0.350 e. The molecule has 15 nitrogen and oxygen atoms in total. The molecule has 204 valence electrons. The van der Waals surface area contributed by atoms with Gasteiger partial charge in [0.2, 0.25) is 18.3 Å². The number of aromatic nitrogens is 1. The number of carbonyl (C=O) groups is 5. The third kappa shape index (κ3) is 7.85. The Hall–Kier alpha value is -3.79. The zero-order chi connectivity index (χ0) is 28.1. The molecule has 1 aliphatic heterocycles. The summed E-state index contributed by atoms with van der Waals surface area (Å²) in [5.41, 5.74) is 2.61. The monoisotopic (exact) mass is 543 g/mol. The number of hydrogen-bond acceptors (Lipinski definition) is 13. The van der Waals surface area contributed by atoms with E-state index in [4.69, 9.17) is 24.8 Å². The molecule has 1 fully saturated rings. The third-order valence-corrected chi connectivity index (χ3v) is 5.38. The minimum atomic E-state index is -1.77. The summed E-state index contributed by atoms with van der Waals surface area (Å²) in [7, 11) is 0. The van der Waals surface area contributed by atoms with Gasteiger partial charge in [0.15, 0.2) is 29.2 Å². The Bertz CT molecular complexity index is 1090. The molecule has 2 rings (SSSR count). The molecule has 16 heteroatoms. The topological polar surface area (TPSA) is 218 Å². The average Bonchev–Trinajstić information content (AvgIpc) is 3.21. The predicted molar refractivity (Wildman–Crippen MR) is 127 cm³/mol. The Labute approximate surface area is 215 Å². The number of anilines is 1.